The van der Waals surface area contributed by atoms with Gasteiger partial charge < -0.3 is 5.32 Å². The summed E-state index contributed by atoms with van der Waals surface area (Å²) < 4.78 is 25.2. The van der Waals surface area contributed by atoms with E-state index in [9.17, 15) is 13.2 Å². The highest BCUT2D eigenvalue weighted by Gasteiger charge is 2.19. The van der Waals surface area contributed by atoms with Gasteiger partial charge in [-0.2, -0.15) is 0 Å². The molecule has 2 aromatic carbocycles. The zero-order valence-electron chi connectivity index (χ0n) is 15.9. The topological polar surface area (TPSA) is 79.4 Å². The molecule has 0 fully saturated rings. The van der Waals surface area contributed by atoms with E-state index < -0.39 is 15.9 Å². The molecule has 1 aromatic heterocycles. The second-order valence-electron chi connectivity index (χ2n) is 6.50. The number of rotatable bonds is 5. The van der Waals surface area contributed by atoms with Gasteiger partial charge in [-0.25, -0.2) is 8.42 Å². The van der Waals surface area contributed by atoms with Crippen LogP contribution in [-0.4, -0.2) is 32.6 Å². The van der Waals surface area contributed by atoms with Crippen molar-refractivity contribution < 1.29 is 13.2 Å². The van der Waals surface area contributed by atoms with Crippen molar-refractivity contribution in [2.24, 2.45) is 0 Å². The number of carbonyl (C=O) groups is 1. The van der Waals surface area contributed by atoms with Crippen LogP contribution in [0, 0.1) is 6.92 Å². The molecule has 28 heavy (non-hydrogen) atoms. The number of nitrogens with one attached hydrogen (secondary N) is 1. The van der Waals surface area contributed by atoms with Crippen molar-refractivity contribution in [3.63, 3.8) is 0 Å². The molecule has 1 heterocycles. The molecule has 0 unspecified atom stereocenters. The highest BCUT2D eigenvalue weighted by Crippen LogP contribution is 2.32. The van der Waals surface area contributed by atoms with Gasteiger partial charge in [-0.1, -0.05) is 42.0 Å². The predicted octanol–water partition coefficient (Wildman–Crippen LogP) is 3.71. The van der Waals surface area contributed by atoms with Crippen molar-refractivity contribution in [2.45, 2.75) is 6.92 Å². The molecule has 1 amide bonds. The molecular weight excluding hydrogens is 374 g/mol. The Morgan fingerprint density at radius 1 is 1.00 bits per heavy atom. The van der Waals surface area contributed by atoms with E-state index in [4.69, 9.17) is 0 Å². The number of aryl methyl sites for hydroxylation is 1. The van der Waals surface area contributed by atoms with Crippen molar-refractivity contribution in [2.75, 3.05) is 22.9 Å². The van der Waals surface area contributed by atoms with Crippen molar-refractivity contribution >= 4 is 27.3 Å². The Hall–Kier alpha value is -3.19. The number of anilines is 2. The van der Waals surface area contributed by atoms with Crippen molar-refractivity contribution in [1.82, 2.24) is 4.98 Å². The molecule has 0 spiro atoms. The van der Waals surface area contributed by atoms with Gasteiger partial charge in [0.2, 0.25) is 10.0 Å². The monoisotopic (exact) mass is 395 g/mol. The Morgan fingerprint density at radius 3 is 2.29 bits per heavy atom. The second-order valence-corrected chi connectivity index (χ2v) is 8.51. The smallest absolute Gasteiger partial charge is 0.274 e. The van der Waals surface area contributed by atoms with Crippen LogP contribution in [-0.2, 0) is 10.0 Å². The van der Waals surface area contributed by atoms with Crippen molar-refractivity contribution in [3.05, 3.63) is 78.1 Å². The quantitative estimate of drug-likeness (QED) is 0.714. The zero-order chi connectivity index (χ0) is 20.3. The number of benzene rings is 2. The maximum Gasteiger partial charge on any atom is 0.274 e. The van der Waals surface area contributed by atoms with Crippen LogP contribution in [0.15, 0.2) is 66.9 Å². The van der Waals surface area contributed by atoms with Gasteiger partial charge >= 0.3 is 0 Å². The van der Waals surface area contributed by atoms with Gasteiger partial charge in [0, 0.05) is 13.2 Å². The fraction of sp³-hybridized carbons (Fsp3) is 0.143. The molecule has 0 saturated carbocycles. The third-order valence-electron chi connectivity index (χ3n) is 4.36. The van der Waals surface area contributed by atoms with Gasteiger partial charge in [0.05, 0.1) is 17.6 Å². The summed E-state index contributed by atoms with van der Waals surface area (Å²) in [7, 11) is -2.04. The van der Waals surface area contributed by atoms with Crippen LogP contribution >= 0.6 is 0 Å². The highest BCUT2D eigenvalue weighted by atomic mass is 32.2. The fourth-order valence-electron chi connectivity index (χ4n) is 2.70. The summed E-state index contributed by atoms with van der Waals surface area (Å²) in [4.78, 5) is 16.6. The number of hydrogen-bond acceptors (Lipinski definition) is 4. The van der Waals surface area contributed by atoms with E-state index in [-0.39, 0.29) is 5.69 Å². The molecule has 6 nitrogen and oxygen atoms in total. The minimum absolute atomic E-state index is 0.246. The fourth-order valence-corrected chi connectivity index (χ4v) is 3.21. The summed E-state index contributed by atoms with van der Waals surface area (Å²) in [6.07, 6.45) is 2.65. The molecule has 7 heteroatoms. The molecule has 3 aromatic rings. The number of hydrogen-bond donors (Lipinski definition) is 1. The van der Waals surface area contributed by atoms with Gasteiger partial charge in [0.25, 0.3) is 5.91 Å². The van der Waals surface area contributed by atoms with E-state index >= 15 is 0 Å². The molecular formula is C21H21N3O3S. The van der Waals surface area contributed by atoms with Gasteiger partial charge in [0.15, 0.2) is 0 Å². The largest absolute Gasteiger partial charge is 0.319 e. The lowest BCUT2D eigenvalue weighted by Crippen LogP contribution is -2.26. The molecule has 0 atom stereocenters. The summed E-state index contributed by atoms with van der Waals surface area (Å²) in [5.74, 6) is -0.412. The SMILES string of the molecule is Cc1ccc(-c2ccc(N(C)S(C)(=O)=O)c(NC(=O)c3ccccn3)c2)cc1. The maximum absolute atomic E-state index is 12.6. The van der Waals surface area contributed by atoms with Crippen LogP contribution in [0.25, 0.3) is 11.1 Å². The predicted molar refractivity (Wildman–Crippen MR) is 112 cm³/mol. The zero-order valence-corrected chi connectivity index (χ0v) is 16.7. The molecule has 1 N–H and O–H groups in total. The molecule has 3 rings (SSSR count). The van der Waals surface area contributed by atoms with E-state index in [0.717, 1.165) is 27.3 Å². The first-order valence-corrected chi connectivity index (χ1v) is 10.5. The Kier molecular flexibility index (Phi) is 5.46. The summed E-state index contributed by atoms with van der Waals surface area (Å²) in [5, 5.41) is 2.79. The van der Waals surface area contributed by atoms with Crippen molar-refractivity contribution in [3.8, 4) is 11.1 Å². The maximum atomic E-state index is 12.6. The van der Waals surface area contributed by atoms with Gasteiger partial charge in [0.1, 0.15) is 5.69 Å². The average molecular weight is 395 g/mol. The minimum atomic E-state index is -3.50. The van der Waals surface area contributed by atoms with E-state index in [2.05, 4.69) is 10.3 Å². The summed E-state index contributed by atoms with van der Waals surface area (Å²) in [6, 6.07) is 18.3. The second kappa shape index (κ2) is 7.82. The van der Waals surface area contributed by atoms with Crippen molar-refractivity contribution in [1.29, 1.82) is 0 Å². The molecule has 144 valence electrons. The first kappa shape index (κ1) is 19.6. The van der Waals surface area contributed by atoms with Gasteiger partial charge in [-0.3, -0.25) is 14.1 Å². The highest BCUT2D eigenvalue weighted by molar-refractivity contribution is 7.92. The molecule has 0 radical (unpaired) electrons. The minimum Gasteiger partial charge on any atom is -0.319 e. The lowest BCUT2D eigenvalue weighted by molar-refractivity contribution is 0.102. The van der Waals surface area contributed by atoms with Gasteiger partial charge in [-0.15, -0.1) is 0 Å². The summed E-state index contributed by atoms with van der Waals surface area (Å²) in [6.45, 7) is 2.01. The Balaban J connectivity index is 2.05. The Labute approximate surface area is 164 Å². The number of carbonyl (C=O) groups excluding carboxylic acids is 1. The van der Waals surface area contributed by atoms with Crippen LogP contribution < -0.4 is 9.62 Å². The molecule has 0 saturated heterocycles. The summed E-state index contributed by atoms with van der Waals surface area (Å²) >= 11 is 0. The van der Waals surface area contributed by atoms with Crippen LogP contribution in [0.2, 0.25) is 0 Å². The third-order valence-corrected chi connectivity index (χ3v) is 5.56. The van der Waals surface area contributed by atoms with Crippen LogP contribution in [0.3, 0.4) is 0 Å². The number of sulfonamides is 1. The Bertz CT molecular complexity index is 1100. The lowest BCUT2D eigenvalue weighted by atomic mass is 10.0. The number of nitrogens with zero attached hydrogens (tertiary/aromatic N) is 2. The first-order valence-electron chi connectivity index (χ1n) is 8.63. The van der Waals surface area contributed by atoms with Gasteiger partial charge in [-0.05, 0) is 42.3 Å². The van der Waals surface area contributed by atoms with E-state index in [0.29, 0.717) is 11.4 Å². The third kappa shape index (κ3) is 4.37. The number of aromatic nitrogens is 1. The van der Waals surface area contributed by atoms with E-state index in [1.54, 1.807) is 30.3 Å². The lowest BCUT2D eigenvalue weighted by Gasteiger charge is -2.21. The number of amides is 1. The molecule has 0 aliphatic rings. The Morgan fingerprint density at radius 2 is 1.68 bits per heavy atom. The van der Waals surface area contributed by atoms with Crippen LogP contribution in [0.4, 0.5) is 11.4 Å². The molecule has 0 aliphatic heterocycles. The molecule has 0 aliphatic carbocycles. The number of pyridine rings is 1. The van der Waals surface area contributed by atoms with Crippen LogP contribution in [0.5, 0.6) is 0 Å². The average Bonchev–Trinajstić information content (AvgIpc) is 2.68. The standard InChI is InChI=1S/C21H21N3O3S/c1-15-7-9-16(10-8-15)17-11-12-20(24(2)28(3,26)27)19(14-17)23-21(25)18-6-4-5-13-22-18/h4-14H,1-3H3,(H,23,25). The molecule has 0 bridgehead atoms. The van der Waals surface area contributed by atoms with E-state index in [1.165, 1.54) is 13.2 Å². The normalized spacial score (nSPS) is 11.1. The van der Waals surface area contributed by atoms with Crippen LogP contribution in [0.1, 0.15) is 16.1 Å². The van der Waals surface area contributed by atoms with E-state index in [1.807, 2.05) is 37.3 Å². The summed E-state index contributed by atoms with van der Waals surface area (Å²) in [5.41, 5.74) is 3.98. The first-order chi connectivity index (χ1) is 13.3.